The van der Waals surface area contributed by atoms with Crippen molar-refractivity contribution < 1.29 is 9.59 Å². The smallest absolute Gasteiger partial charge is 0.276 e. The van der Waals surface area contributed by atoms with Crippen LogP contribution in [0.2, 0.25) is 0 Å². The van der Waals surface area contributed by atoms with E-state index in [1.807, 2.05) is 37.3 Å². The molecule has 0 saturated heterocycles. The van der Waals surface area contributed by atoms with E-state index in [4.69, 9.17) is 0 Å². The van der Waals surface area contributed by atoms with E-state index in [0.717, 1.165) is 15.7 Å². The van der Waals surface area contributed by atoms with Gasteiger partial charge in [-0.15, -0.1) is 0 Å². The van der Waals surface area contributed by atoms with Gasteiger partial charge in [0.25, 0.3) is 11.8 Å². The first-order valence-corrected chi connectivity index (χ1v) is 8.73. The van der Waals surface area contributed by atoms with Gasteiger partial charge >= 0.3 is 0 Å². The highest BCUT2D eigenvalue weighted by atomic mass is 79.9. The quantitative estimate of drug-likeness (QED) is 0.687. The molecule has 7 heteroatoms. The number of rotatable bonds is 4. The minimum Gasteiger partial charge on any atom is -0.355 e. The standard InChI is InChI=1S/C19H17BrN4O2/c1-12-5-3-8-15(17(12)19(26)21-2)22-18(25)16-9-10-24(23-16)14-7-4-6-13(20)11-14/h3-11H,1-2H3,(H,21,26)(H,22,25). The van der Waals surface area contributed by atoms with Gasteiger partial charge in [-0.25, -0.2) is 4.68 Å². The third-order valence-electron chi connectivity index (χ3n) is 3.87. The van der Waals surface area contributed by atoms with Crippen LogP contribution in [-0.2, 0) is 0 Å². The van der Waals surface area contributed by atoms with Crippen molar-refractivity contribution in [2.75, 3.05) is 12.4 Å². The highest BCUT2D eigenvalue weighted by Crippen LogP contribution is 2.20. The first-order chi connectivity index (χ1) is 12.5. The van der Waals surface area contributed by atoms with Gasteiger partial charge in [0, 0.05) is 17.7 Å². The summed E-state index contributed by atoms with van der Waals surface area (Å²) in [6.07, 6.45) is 1.71. The maximum absolute atomic E-state index is 12.6. The fourth-order valence-electron chi connectivity index (χ4n) is 2.59. The first kappa shape index (κ1) is 17.9. The molecular formula is C19H17BrN4O2. The molecular weight excluding hydrogens is 396 g/mol. The lowest BCUT2D eigenvalue weighted by molar-refractivity contribution is 0.0963. The SMILES string of the molecule is CNC(=O)c1c(C)cccc1NC(=O)c1ccn(-c2cccc(Br)c2)n1. The second-order valence-corrected chi connectivity index (χ2v) is 6.57. The van der Waals surface area contributed by atoms with Crippen molar-refractivity contribution in [2.45, 2.75) is 6.92 Å². The molecule has 6 nitrogen and oxygen atoms in total. The number of carbonyl (C=O) groups excluding carboxylic acids is 2. The van der Waals surface area contributed by atoms with E-state index in [1.54, 1.807) is 36.1 Å². The van der Waals surface area contributed by atoms with Gasteiger partial charge in [0.15, 0.2) is 5.69 Å². The van der Waals surface area contributed by atoms with E-state index in [0.29, 0.717) is 11.3 Å². The summed E-state index contributed by atoms with van der Waals surface area (Å²) >= 11 is 3.42. The Morgan fingerprint density at radius 1 is 1.08 bits per heavy atom. The fraction of sp³-hybridized carbons (Fsp3) is 0.105. The number of amides is 2. The molecule has 26 heavy (non-hydrogen) atoms. The average molecular weight is 413 g/mol. The third-order valence-corrected chi connectivity index (χ3v) is 4.36. The fourth-order valence-corrected chi connectivity index (χ4v) is 2.98. The number of nitrogens with zero attached hydrogens (tertiary/aromatic N) is 2. The maximum atomic E-state index is 12.6. The molecule has 0 spiro atoms. The molecule has 0 aliphatic heterocycles. The van der Waals surface area contributed by atoms with Crippen molar-refractivity contribution >= 4 is 33.4 Å². The molecule has 0 aliphatic carbocycles. The molecule has 1 aromatic heterocycles. The van der Waals surface area contributed by atoms with Crippen LogP contribution in [0.25, 0.3) is 5.69 Å². The number of aryl methyl sites for hydroxylation is 1. The van der Waals surface area contributed by atoms with Crippen molar-refractivity contribution in [2.24, 2.45) is 0 Å². The molecule has 132 valence electrons. The number of nitrogens with one attached hydrogen (secondary N) is 2. The van der Waals surface area contributed by atoms with E-state index in [2.05, 4.69) is 31.7 Å². The van der Waals surface area contributed by atoms with Crippen molar-refractivity contribution in [3.63, 3.8) is 0 Å². The number of aromatic nitrogens is 2. The number of benzene rings is 2. The molecule has 2 N–H and O–H groups in total. The summed E-state index contributed by atoms with van der Waals surface area (Å²) < 4.78 is 2.54. The lowest BCUT2D eigenvalue weighted by Gasteiger charge is -2.11. The van der Waals surface area contributed by atoms with Crippen LogP contribution in [0.15, 0.2) is 59.2 Å². The minimum atomic E-state index is -0.380. The van der Waals surface area contributed by atoms with Crippen LogP contribution in [0, 0.1) is 6.92 Å². The Morgan fingerprint density at radius 3 is 2.58 bits per heavy atom. The second-order valence-electron chi connectivity index (χ2n) is 5.66. The Labute approximate surface area is 159 Å². The summed E-state index contributed by atoms with van der Waals surface area (Å²) in [6.45, 7) is 1.82. The van der Waals surface area contributed by atoms with Crippen LogP contribution in [0.1, 0.15) is 26.4 Å². The minimum absolute atomic E-state index is 0.252. The van der Waals surface area contributed by atoms with Gasteiger partial charge in [0.1, 0.15) is 0 Å². The summed E-state index contributed by atoms with van der Waals surface area (Å²) in [4.78, 5) is 24.7. The Hall–Kier alpha value is -2.93. The average Bonchev–Trinajstić information content (AvgIpc) is 3.11. The predicted octanol–water partition coefficient (Wildman–Crippen LogP) is 3.56. The third kappa shape index (κ3) is 3.67. The molecule has 0 atom stereocenters. The zero-order valence-corrected chi connectivity index (χ0v) is 15.9. The molecule has 2 amide bonds. The number of halogens is 1. The molecule has 0 fully saturated rings. The molecule has 0 radical (unpaired) electrons. The highest BCUT2D eigenvalue weighted by Gasteiger charge is 2.17. The lowest BCUT2D eigenvalue weighted by atomic mass is 10.1. The number of anilines is 1. The Kier molecular flexibility index (Phi) is 5.18. The van der Waals surface area contributed by atoms with E-state index in [-0.39, 0.29) is 17.5 Å². The first-order valence-electron chi connectivity index (χ1n) is 7.94. The molecule has 2 aromatic carbocycles. The zero-order chi connectivity index (χ0) is 18.7. The molecule has 3 rings (SSSR count). The Balaban J connectivity index is 1.86. The van der Waals surface area contributed by atoms with Crippen LogP contribution in [0.5, 0.6) is 0 Å². The largest absolute Gasteiger partial charge is 0.355 e. The summed E-state index contributed by atoms with van der Waals surface area (Å²) in [7, 11) is 1.56. The van der Waals surface area contributed by atoms with Gasteiger partial charge in [-0.05, 0) is 42.8 Å². The highest BCUT2D eigenvalue weighted by molar-refractivity contribution is 9.10. The Morgan fingerprint density at radius 2 is 1.85 bits per heavy atom. The monoisotopic (exact) mass is 412 g/mol. The van der Waals surface area contributed by atoms with Crippen LogP contribution in [0.3, 0.4) is 0 Å². The van der Waals surface area contributed by atoms with Crippen LogP contribution in [0.4, 0.5) is 5.69 Å². The molecule has 0 unspecified atom stereocenters. The lowest BCUT2D eigenvalue weighted by Crippen LogP contribution is -2.22. The van der Waals surface area contributed by atoms with Gasteiger partial charge in [-0.2, -0.15) is 5.10 Å². The van der Waals surface area contributed by atoms with E-state index >= 15 is 0 Å². The van der Waals surface area contributed by atoms with Crippen molar-refractivity contribution in [1.29, 1.82) is 0 Å². The van der Waals surface area contributed by atoms with Crippen LogP contribution >= 0.6 is 15.9 Å². The zero-order valence-electron chi connectivity index (χ0n) is 14.3. The second kappa shape index (κ2) is 7.53. The van der Waals surface area contributed by atoms with E-state index in [1.165, 1.54) is 0 Å². The molecule has 3 aromatic rings. The van der Waals surface area contributed by atoms with E-state index in [9.17, 15) is 9.59 Å². The van der Waals surface area contributed by atoms with Gasteiger partial charge < -0.3 is 10.6 Å². The molecule has 0 saturated carbocycles. The summed E-state index contributed by atoms with van der Waals surface area (Å²) in [5.41, 5.74) is 2.76. The van der Waals surface area contributed by atoms with Gasteiger partial charge in [0.2, 0.25) is 0 Å². The number of carbonyl (C=O) groups is 2. The Bertz CT molecular complexity index is 981. The van der Waals surface area contributed by atoms with Crippen molar-refractivity contribution in [3.05, 3.63) is 76.0 Å². The number of hydrogen-bond acceptors (Lipinski definition) is 3. The molecule has 0 bridgehead atoms. The normalized spacial score (nSPS) is 10.4. The van der Waals surface area contributed by atoms with Crippen molar-refractivity contribution in [1.82, 2.24) is 15.1 Å². The van der Waals surface area contributed by atoms with Crippen LogP contribution < -0.4 is 10.6 Å². The van der Waals surface area contributed by atoms with Crippen molar-refractivity contribution in [3.8, 4) is 5.69 Å². The maximum Gasteiger partial charge on any atom is 0.276 e. The molecule has 0 aliphatic rings. The number of hydrogen-bond donors (Lipinski definition) is 2. The van der Waals surface area contributed by atoms with Gasteiger partial charge in [-0.1, -0.05) is 34.1 Å². The van der Waals surface area contributed by atoms with Gasteiger partial charge in [-0.3, -0.25) is 9.59 Å². The summed E-state index contributed by atoms with van der Waals surface area (Å²) in [6, 6.07) is 14.5. The predicted molar refractivity (Wildman–Crippen MR) is 104 cm³/mol. The summed E-state index contributed by atoms with van der Waals surface area (Å²) in [5.74, 6) is -0.632. The van der Waals surface area contributed by atoms with Gasteiger partial charge in [0.05, 0.1) is 16.9 Å². The van der Waals surface area contributed by atoms with Crippen LogP contribution in [-0.4, -0.2) is 28.6 Å². The van der Waals surface area contributed by atoms with E-state index < -0.39 is 0 Å². The summed E-state index contributed by atoms with van der Waals surface area (Å²) in [5, 5.41) is 9.68. The molecule has 1 heterocycles. The topological polar surface area (TPSA) is 76.0 Å².